The third kappa shape index (κ3) is 4.40. The molecule has 0 saturated carbocycles. The van der Waals surface area contributed by atoms with Crippen LogP contribution in [0.3, 0.4) is 0 Å². The van der Waals surface area contributed by atoms with Crippen LogP contribution in [0.2, 0.25) is 5.02 Å². The van der Waals surface area contributed by atoms with Gasteiger partial charge in [-0.25, -0.2) is 17.9 Å². The Balaban J connectivity index is 1.38. The molecule has 30 heavy (non-hydrogen) atoms. The van der Waals surface area contributed by atoms with Crippen LogP contribution in [-0.4, -0.2) is 53.4 Å². The van der Waals surface area contributed by atoms with E-state index >= 15 is 0 Å². The highest BCUT2D eigenvalue weighted by Crippen LogP contribution is 2.23. The number of aromatic nitrogens is 3. The Hall–Kier alpha value is -2.69. The van der Waals surface area contributed by atoms with E-state index in [1.165, 1.54) is 4.31 Å². The summed E-state index contributed by atoms with van der Waals surface area (Å²) in [5.74, 6) is 0. The maximum absolute atomic E-state index is 12.7. The minimum atomic E-state index is -3.50. The lowest BCUT2D eigenvalue weighted by Crippen LogP contribution is -2.31. The third-order valence-corrected chi connectivity index (χ3v) is 7.01. The summed E-state index contributed by atoms with van der Waals surface area (Å²) in [4.78, 5) is 12.2. The summed E-state index contributed by atoms with van der Waals surface area (Å²) in [5, 5.41) is 14.1. The molecule has 9 nitrogen and oxygen atoms in total. The molecule has 0 bridgehead atoms. The highest BCUT2D eigenvalue weighted by atomic mass is 35.5. The Kier molecular flexibility index (Phi) is 5.89. The molecule has 2 aromatic carbocycles. The molecule has 2 N–H and O–H groups in total. The monoisotopic (exact) mass is 448 g/mol. The molecule has 2 amide bonds. The summed E-state index contributed by atoms with van der Waals surface area (Å²) >= 11 is 5.90. The number of hydrogen-bond acceptors (Lipinski definition) is 5. The Labute approximate surface area is 179 Å². The molecular weight excluding hydrogens is 428 g/mol. The van der Waals surface area contributed by atoms with Crippen LogP contribution >= 0.6 is 11.6 Å². The molecule has 4 rings (SSSR count). The molecule has 0 spiro atoms. The van der Waals surface area contributed by atoms with Gasteiger partial charge < -0.3 is 10.6 Å². The van der Waals surface area contributed by atoms with Gasteiger partial charge in [0.25, 0.3) is 0 Å². The smallest absolute Gasteiger partial charge is 0.319 e. The zero-order valence-corrected chi connectivity index (χ0v) is 17.7. The predicted molar refractivity (Wildman–Crippen MR) is 114 cm³/mol. The van der Waals surface area contributed by atoms with Gasteiger partial charge in [-0.2, -0.15) is 4.31 Å². The molecule has 0 radical (unpaired) electrons. The SMILES string of the molecule is O=C(NCCn1nnc2cc(S(=O)(=O)N3CCCC3)ccc21)Nc1cccc(Cl)c1. The number of anilines is 1. The summed E-state index contributed by atoms with van der Waals surface area (Å²) in [7, 11) is -3.50. The summed E-state index contributed by atoms with van der Waals surface area (Å²) in [5.41, 5.74) is 1.80. The van der Waals surface area contributed by atoms with Crippen molar-refractivity contribution >= 4 is 44.4 Å². The maximum Gasteiger partial charge on any atom is 0.319 e. The van der Waals surface area contributed by atoms with Crippen molar-refractivity contribution in [2.45, 2.75) is 24.3 Å². The Bertz CT molecular complexity index is 1170. The molecule has 1 aromatic heterocycles. The number of hydrogen-bond donors (Lipinski definition) is 2. The number of nitrogens with zero attached hydrogens (tertiary/aromatic N) is 4. The van der Waals surface area contributed by atoms with Crippen LogP contribution in [0, 0.1) is 0 Å². The molecule has 1 fully saturated rings. The van der Waals surface area contributed by atoms with Crippen LogP contribution in [0.1, 0.15) is 12.8 Å². The number of amides is 2. The van der Waals surface area contributed by atoms with Gasteiger partial charge in [-0.15, -0.1) is 5.10 Å². The number of carbonyl (C=O) groups is 1. The van der Waals surface area contributed by atoms with Gasteiger partial charge in [0.05, 0.1) is 17.0 Å². The van der Waals surface area contributed by atoms with E-state index in [1.54, 1.807) is 47.1 Å². The lowest BCUT2D eigenvalue weighted by Gasteiger charge is -2.15. The number of carbonyl (C=O) groups excluding carboxylic acids is 1. The minimum Gasteiger partial charge on any atom is -0.336 e. The van der Waals surface area contributed by atoms with Crippen molar-refractivity contribution in [2.24, 2.45) is 0 Å². The Morgan fingerprint density at radius 1 is 1.13 bits per heavy atom. The van der Waals surface area contributed by atoms with E-state index in [-0.39, 0.29) is 10.9 Å². The van der Waals surface area contributed by atoms with Crippen molar-refractivity contribution in [1.82, 2.24) is 24.6 Å². The van der Waals surface area contributed by atoms with Crippen molar-refractivity contribution < 1.29 is 13.2 Å². The number of halogens is 1. The fourth-order valence-corrected chi connectivity index (χ4v) is 5.10. The molecule has 0 atom stereocenters. The van der Waals surface area contributed by atoms with Gasteiger partial charge in [0.15, 0.2) is 0 Å². The van der Waals surface area contributed by atoms with Gasteiger partial charge in [0, 0.05) is 30.3 Å². The number of urea groups is 1. The maximum atomic E-state index is 12.7. The molecule has 1 saturated heterocycles. The van der Waals surface area contributed by atoms with Crippen LogP contribution in [0.4, 0.5) is 10.5 Å². The van der Waals surface area contributed by atoms with Crippen molar-refractivity contribution in [3.63, 3.8) is 0 Å². The largest absolute Gasteiger partial charge is 0.336 e. The lowest BCUT2D eigenvalue weighted by atomic mass is 10.3. The van der Waals surface area contributed by atoms with Gasteiger partial charge >= 0.3 is 6.03 Å². The second-order valence-electron chi connectivity index (χ2n) is 6.97. The molecule has 1 aliphatic rings. The third-order valence-electron chi connectivity index (χ3n) is 4.88. The normalized spacial score (nSPS) is 14.8. The Morgan fingerprint density at radius 2 is 1.93 bits per heavy atom. The molecule has 2 heterocycles. The standard InChI is InChI=1S/C19H21ClN6O3S/c20-14-4-3-5-15(12-14)22-19(27)21-8-11-26-18-7-6-16(13-17(18)23-24-26)30(28,29)25-9-1-2-10-25/h3-7,12-13H,1-2,8-11H2,(H2,21,22,27). The minimum absolute atomic E-state index is 0.225. The van der Waals surface area contributed by atoms with E-state index in [1.807, 2.05) is 0 Å². The van der Waals surface area contributed by atoms with Crippen LogP contribution < -0.4 is 10.6 Å². The first-order valence-corrected chi connectivity index (χ1v) is 11.4. The van der Waals surface area contributed by atoms with Crippen LogP contribution in [0.15, 0.2) is 47.4 Å². The first kappa shape index (κ1) is 20.6. The van der Waals surface area contributed by atoms with Crippen molar-refractivity contribution in [3.05, 3.63) is 47.5 Å². The second kappa shape index (κ2) is 8.58. The van der Waals surface area contributed by atoms with Crippen LogP contribution in [0.5, 0.6) is 0 Å². The van der Waals surface area contributed by atoms with E-state index < -0.39 is 10.0 Å². The molecule has 11 heteroatoms. The van der Waals surface area contributed by atoms with Gasteiger partial charge in [0.1, 0.15) is 5.52 Å². The number of nitrogens with one attached hydrogen (secondary N) is 2. The van der Waals surface area contributed by atoms with E-state index in [4.69, 9.17) is 11.6 Å². The predicted octanol–water partition coefficient (Wildman–Crippen LogP) is 2.69. The lowest BCUT2D eigenvalue weighted by molar-refractivity contribution is 0.251. The molecule has 1 aliphatic heterocycles. The van der Waals surface area contributed by atoms with Gasteiger partial charge in [0.2, 0.25) is 10.0 Å². The number of benzene rings is 2. The van der Waals surface area contributed by atoms with Crippen molar-refractivity contribution in [1.29, 1.82) is 0 Å². The summed E-state index contributed by atoms with van der Waals surface area (Å²) < 4.78 is 28.5. The Morgan fingerprint density at radius 3 is 2.70 bits per heavy atom. The van der Waals surface area contributed by atoms with Crippen LogP contribution in [-0.2, 0) is 16.6 Å². The quantitative estimate of drug-likeness (QED) is 0.602. The second-order valence-corrected chi connectivity index (χ2v) is 9.34. The first-order chi connectivity index (χ1) is 14.4. The van der Waals surface area contributed by atoms with Gasteiger partial charge in [-0.05, 0) is 49.2 Å². The van der Waals surface area contributed by atoms with Crippen LogP contribution in [0.25, 0.3) is 11.0 Å². The number of rotatable bonds is 6. The highest BCUT2D eigenvalue weighted by molar-refractivity contribution is 7.89. The van der Waals surface area contributed by atoms with E-state index in [9.17, 15) is 13.2 Å². The average Bonchev–Trinajstić information content (AvgIpc) is 3.38. The average molecular weight is 449 g/mol. The van der Waals surface area contributed by atoms with E-state index in [0.717, 1.165) is 12.8 Å². The zero-order chi connectivity index (χ0) is 21.1. The zero-order valence-electron chi connectivity index (χ0n) is 16.1. The first-order valence-electron chi connectivity index (χ1n) is 9.57. The van der Waals surface area contributed by atoms with Gasteiger partial charge in [-0.3, -0.25) is 0 Å². The molecule has 3 aromatic rings. The fraction of sp³-hybridized carbons (Fsp3) is 0.316. The van der Waals surface area contributed by atoms with Gasteiger partial charge in [-0.1, -0.05) is 22.9 Å². The van der Waals surface area contributed by atoms with E-state index in [2.05, 4.69) is 20.9 Å². The molecule has 0 aliphatic carbocycles. The number of sulfonamides is 1. The number of fused-ring (bicyclic) bond motifs is 1. The fourth-order valence-electron chi connectivity index (χ4n) is 3.37. The molecular formula is C19H21ClN6O3S. The van der Waals surface area contributed by atoms with Crippen molar-refractivity contribution in [3.8, 4) is 0 Å². The van der Waals surface area contributed by atoms with E-state index in [0.29, 0.717) is 47.9 Å². The summed E-state index contributed by atoms with van der Waals surface area (Å²) in [6.45, 7) is 1.81. The molecule has 158 valence electrons. The summed E-state index contributed by atoms with van der Waals surface area (Å²) in [6.07, 6.45) is 1.77. The summed E-state index contributed by atoms with van der Waals surface area (Å²) in [6, 6.07) is 11.3. The highest BCUT2D eigenvalue weighted by Gasteiger charge is 2.27. The van der Waals surface area contributed by atoms with Crippen molar-refractivity contribution in [2.75, 3.05) is 25.0 Å². The molecule has 0 unspecified atom stereocenters. The topological polar surface area (TPSA) is 109 Å².